The van der Waals surface area contributed by atoms with Crippen LogP contribution >= 0.6 is 11.3 Å². The number of hydrogen-bond donors (Lipinski definition) is 2. The molecule has 1 aromatic heterocycles. The molecule has 1 aliphatic carbocycles. The maximum Gasteiger partial charge on any atom is 0.309 e. The minimum absolute atomic E-state index is 0.0474. The van der Waals surface area contributed by atoms with E-state index in [1.807, 2.05) is 6.07 Å². The highest BCUT2D eigenvalue weighted by Crippen LogP contribution is 2.18. The number of Topliss-reactive ketones (excluding diaryl/α,β-unsaturated/α-hetero) is 1. The van der Waals surface area contributed by atoms with Crippen molar-refractivity contribution in [3.8, 4) is 0 Å². The molecule has 0 spiro atoms. The molecule has 2 rings (SSSR count). The zero-order valence-corrected chi connectivity index (χ0v) is 12.9. The third kappa shape index (κ3) is 4.67. The van der Waals surface area contributed by atoms with E-state index in [0.717, 1.165) is 35.4 Å². The van der Waals surface area contributed by atoms with E-state index in [1.54, 1.807) is 6.07 Å². The van der Waals surface area contributed by atoms with Gasteiger partial charge in [0.2, 0.25) is 0 Å². The molecule has 1 heterocycles. The lowest BCUT2D eigenvalue weighted by molar-refractivity contribution is -0.139. The molecule has 0 atom stereocenters. The second-order valence-electron chi connectivity index (χ2n) is 5.28. The molecule has 5 nitrogen and oxygen atoms in total. The smallest absolute Gasteiger partial charge is 0.309 e. The van der Waals surface area contributed by atoms with Crippen molar-refractivity contribution < 1.29 is 14.4 Å². The van der Waals surface area contributed by atoms with Crippen LogP contribution in [0.2, 0.25) is 0 Å². The highest BCUT2D eigenvalue weighted by molar-refractivity contribution is 7.14. The minimum Gasteiger partial charge on any atom is -0.347 e. The van der Waals surface area contributed by atoms with Crippen LogP contribution in [-0.2, 0) is 16.0 Å². The molecular weight excluding hydrogens is 288 g/mol. The van der Waals surface area contributed by atoms with Gasteiger partial charge in [0.1, 0.15) is 0 Å². The molecular formula is C15H20N2O3S. The van der Waals surface area contributed by atoms with Crippen LogP contribution < -0.4 is 10.6 Å². The van der Waals surface area contributed by atoms with Crippen molar-refractivity contribution in [1.82, 2.24) is 10.6 Å². The van der Waals surface area contributed by atoms with E-state index in [4.69, 9.17) is 0 Å². The molecule has 114 valence electrons. The second-order valence-corrected chi connectivity index (χ2v) is 6.45. The van der Waals surface area contributed by atoms with Crippen molar-refractivity contribution in [3.05, 3.63) is 21.9 Å². The summed E-state index contributed by atoms with van der Waals surface area (Å²) in [5, 5.41) is 5.37. The van der Waals surface area contributed by atoms with Gasteiger partial charge >= 0.3 is 11.8 Å². The largest absolute Gasteiger partial charge is 0.347 e. The monoisotopic (exact) mass is 308 g/mol. The van der Waals surface area contributed by atoms with Gasteiger partial charge in [-0.15, -0.1) is 11.3 Å². The third-order valence-corrected chi connectivity index (χ3v) is 4.81. The van der Waals surface area contributed by atoms with E-state index >= 15 is 0 Å². The maximum atomic E-state index is 11.7. The van der Waals surface area contributed by atoms with Crippen LogP contribution in [0.4, 0.5) is 0 Å². The summed E-state index contributed by atoms with van der Waals surface area (Å²) in [5.74, 6) is -1.08. The fraction of sp³-hybridized carbons (Fsp3) is 0.533. The number of amides is 2. The average Bonchev–Trinajstić information content (AvgIpc) is 3.09. The summed E-state index contributed by atoms with van der Waals surface area (Å²) in [6, 6.07) is 3.82. The van der Waals surface area contributed by atoms with Gasteiger partial charge in [0, 0.05) is 17.5 Å². The molecule has 0 aromatic carbocycles. The quantitative estimate of drug-likeness (QED) is 0.642. The Morgan fingerprint density at radius 1 is 1.19 bits per heavy atom. The van der Waals surface area contributed by atoms with Crippen LogP contribution in [0.5, 0.6) is 0 Å². The Labute approximate surface area is 128 Å². The Bertz CT molecular complexity index is 533. The summed E-state index contributed by atoms with van der Waals surface area (Å²) in [6.07, 6.45) is 4.78. The first-order valence-corrected chi connectivity index (χ1v) is 8.06. The van der Waals surface area contributed by atoms with Crippen molar-refractivity contribution in [1.29, 1.82) is 0 Å². The lowest BCUT2D eigenvalue weighted by atomic mass is 10.2. The SMILES string of the molecule is CC(=O)c1ccc(CCNC(=O)C(=O)NC2CCCC2)s1. The summed E-state index contributed by atoms with van der Waals surface area (Å²) in [4.78, 5) is 36.3. The summed E-state index contributed by atoms with van der Waals surface area (Å²) < 4.78 is 0. The number of carbonyl (C=O) groups excluding carboxylic acids is 3. The number of rotatable bonds is 5. The van der Waals surface area contributed by atoms with Crippen LogP contribution in [0.1, 0.15) is 47.2 Å². The van der Waals surface area contributed by atoms with E-state index in [9.17, 15) is 14.4 Å². The van der Waals surface area contributed by atoms with E-state index in [2.05, 4.69) is 10.6 Å². The molecule has 0 bridgehead atoms. The predicted octanol–water partition coefficient (Wildman–Crippen LogP) is 1.67. The van der Waals surface area contributed by atoms with Crippen molar-refractivity contribution in [2.75, 3.05) is 6.54 Å². The van der Waals surface area contributed by atoms with Crippen LogP contribution in [-0.4, -0.2) is 30.2 Å². The molecule has 1 aromatic rings. The Kier molecular flexibility index (Phi) is 5.50. The van der Waals surface area contributed by atoms with Crippen LogP contribution in [0, 0.1) is 0 Å². The van der Waals surface area contributed by atoms with Crippen molar-refractivity contribution >= 4 is 28.9 Å². The average molecular weight is 308 g/mol. The lowest BCUT2D eigenvalue weighted by Gasteiger charge is -2.11. The van der Waals surface area contributed by atoms with Crippen LogP contribution in [0.15, 0.2) is 12.1 Å². The van der Waals surface area contributed by atoms with Gasteiger partial charge in [0.25, 0.3) is 0 Å². The van der Waals surface area contributed by atoms with Crippen LogP contribution in [0.25, 0.3) is 0 Å². The topological polar surface area (TPSA) is 75.3 Å². The number of thiophene rings is 1. The van der Waals surface area contributed by atoms with Gasteiger partial charge in [-0.2, -0.15) is 0 Å². The molecule has 1 fully saturated rings. The summed E-state index contributed by atoms with van der Waals surface area (Å²) in [5.41, 5.74) is 0. The van der Waals surface area contributed by atoms with Crippen LogP contribution in [0.3, 0.4) is 0 Å². The first-order valence-electron chi connectivity index (χ1n) is 7.24. The van der Waals surface area contributed by atoms with Crippen molar-refractivity contribution in [2.24, 2.45) is 0 Å². The normalized spacial score (nSPS) is 14.9. The minimum atomic E-state index is -0.578. The third-order valence-electron chi connectivity index (χ3n) is 3.56. The van der Waals surface area contributed by atoms with E-state index in [-0.39, 0.29) is 11.8 Å². The van der Waals surface area contributed by atoms with Gasteiger partial charge in [-0.25, -0.2) is 0 Å². The summed E-state index contributed by atoms with van der Waals surface area (Å²) in [7, 11) is 0. The molecule has 2 amide bonds. The molecule has 0 aliphatic heterocycles. The summed E-state index contributed by atoms with van der Waals surface area (Å²) in [6.45, 7) is 1.93. The summed E-state index contributed by atoms with van der Waals surface area (Å²) >= 11 is 1.43. The van der Waals surface area contributed by atoms with Gasteiger partial charge < -0.3 is 10.6 Å². The number of ketones is 1. The van der Waals surface area contributed by atoms with E-state index in [1.165, 1.54) is 18.3 Å². The second kappa shape index (κ2) is 7.36. The van der Waals surface area contributed by atoms with Gasteiger partial charge in [-0.3, -0.25) is 14.4 Å². The molecule has 0 radical (unpaired) electrons. The molecule has 6 heteroatoms. The molecule has 2 N–H and O–H groups in total. The first kappa shape index (κ1) is 15.7. The van der Waals surface area contributed by atoms with Gasteiger partial charge in [0.15, 0.2) is 5.78 Å². The van der Waals surface area contributed by atoms with E-state index < -0.39 is 11.8 Å². The molecule has 0 unspecified atom stereocenters. The lowest BCUT2D eigenvalue weighted by Crippen LogP contribution is -2.44. The fourth-order valence-electron chi connectivity index (χ4n) is 2.40. The zero-order valence-electron chi connectivity index (χ0n) is 12.1. The van der Waals surface area contributed by atoms with E-state index in [0.29, 0.717) is 13.0 Å². The molecule has 21 heavy (non-hydrogen) atoms. The maximum absolute atomic E-state index is 11.7. The van der Waals surface area contributed by atoms with Gasteiger partial charge in [-0.05, 0) is 38.3 Å². The van der Waals surface area contributed by atoms with Gasteiger partial charge in [0.05, 0.1) is 4.88 Å². The number of nitrogens with one attached hydrogen (secondary N) is 2. The Hall–Kier alpha value is -1.69. The Morgan fingerprint density at radius 2 is 1.90 bits per heavy atom. The van der Waals surface area contributed by atoms with Gasteiger partial charge in [-0.1, -0.05) is 12.8 Å². The first-order chi connectivity index (χ1) is 10.1. The molecule has 1 aliphatic rings. The number of hydrogen-bond acceptors (Lipinski definition) is 4. The highest BCUT2D eigenvalue weighted by atomic mass is 32.1. The Balaban J connectivity index is 1.70. The standard InChI is InChI=1S/C15H20N2O3S/c1-10(18)13-7-6-12(21-13)8-9-16-14(19)15(20)17-11-4-2-3-5-11/h6-7,11H,2-5,8-9H2,1H3,(H,16,19)(H,17,20). The van der Waals surface area contributed by atoms with Crippen molar-refractivity contribution in [2.45, 2.75) is 45.1 Å². The number of carbonyl (C=O) groups is 3. The Morgan fingerprint density at radius 3 is 2.52 bits per heavy atom. The highest BCUT2D eigenvalue weighted by Gasteiger charge is 2.21. The zero-order chi connectivity index (χ0) is 15.2. The fourth-order valence-corrected chi connectivity index (χ4v) is 3.30. The molecule has 1 saturated carbocycles. The predicted molar refractivity (Wildman–Crippen MR) is 81.4 cm³/mol. The molecule has 0 saturated heterocycles. The van der Waals surface area contributed by atoms with Crippen molar-refractivity contribution in [3.63, 3.8) is 0 Å².